The maximum Gasteiger partial charge on any atom is 0.359 e. The third-order valence-corrected chi connectivity index (χ3v) is 9.13. The number of hydrogen-bond donors (Lipinski definition) is 1. The number of ether oxygens (including phenoxy) is 2. The van der Waals surface area contributed by atoms with E-state index in [1.807, 2.05) is 13.0 Å². The molecule has 0 radical (unpaired) electrons. The maximum absolute atomic E-state index is 13.6. The van der Waals surface area contributed by atoms with Crippen LogP contribution >= 0.6 is 11.3 Å². The molecule has 1 amide bonds. The van der Waals surface area contributed by atoms with Crippen LogP contribution in [0.25, 0.3) is 16.5 Å². The summed E-state index contributed by atoms with van der Waals surface area (Å²) in [7, 11) is -3.71. The summed E-state index contributed by atoms with van der Waals surface area (Å²) in [6.45, 7) is 4.84. The van der Waals surface area contributed by atoms with Gasteiger partial charge in [-0.15, -0.1) is 11.3 Å². The minimum Gasteiger partial charge on any atom is -0.461 e. The lowest BCUT2D eigenvalue weighted by molar-refractivity contribution is 0.0519. The Hall–Kier alpha value is -3.91. The van der Waals surface area contributed by atoms with Crippen LogP contribution in [0.3, 0.4) is 0 Å². The maximum atomic E-state index is 13.6. The molecule has 5 rings (SSSR count). The number of thiophene rings is 1. The lowest BCUT2D eigenvalue weighted by atomic mass is 10.2. The summed E-state index contributed by atoms with van der Waals surface area (Å²) >= 11 is 1.08. The van der Waals surface area contributed by atoms with Gasteiger partial charge in [-0.2, -0.15) is 14.1 Å². The number of morpholine rings is 1. The fraction of sp³-hybridized carbons (Fsp3) is 0.259. The van der Waals surface area contributed by atoms with Crippen molar-refractivity contribution in [2.45, 2.75) is 18.7 Å². The minimum absolute atomic E-state index is 0.0487. The van der Waals surface area contributed by atoms with Gasteiger partial charge in [-0.1, -0.05) is 12.1 Å². The van der Waals surface area contributed by atoms with Gasteiger partial charge in [-0.25, -0.2) is 13.2 Å². The van der Waals surface area contributed by atoms with Crippen LogP contribution in [0, 0.1) is 6.92 Å². The summed E-state index contributed by atoms with van der Waals surface area (Å²) in [6.07, 6.45) is 0. The Bertz CT molecular complexity index is 1760. The largest absolute Gasteiger partial charge is 0.461 e. The first-order valence-corrected chi connectivity index (χ1v) is 14.8. The van der Waals surface area contributed by atoms with Gasteiger partial charge in [0.25, 0.3) is 11.5 Å². The van der Waals surface area contributed by atoms with Gasteiger partial charge in [-0.3, -0.25) is 9.59 Å². The zero-order valence-corrected chi connectivity index (χ0v) is 23.4. The van der Waals surface area contributed by atoms with Crippen LogP contribution in [-0.2, 0) is 19.5 Å². The van der Waals surface area contributed by atoms with Crippen LogP contribution < -0.4 is 10.9 Å². The number of carbonyl (C=O) groups excluding carboxylic acids is 2. The van der Waals surface area contributed by atoms with Crippen molar-refractivity contribution >= 4 is 49.0 Å². The third kappa shape index (κ3) is 5.28. The molecule has 3 heterocycles. The van der Waals surface area contributed by atoms with Crippen LogP contribution in [0.4, 0.5) is 5.00 Å². The quantitative estimate of drug-likeness (QED) is 0.328. The Kier molecular flexibility index (Phi) is 7.81. The smallest absolute Gasteiger partial charge is 0.359 e. The number of nitrogens with zero attached hydrogens (tertiary/aromatic N) is 3. The molecule has 13 heteroatoms. The topological polar surface area (TPSA) is 137 Å². The van der Waals surface area contributed by atoms with E-state index in [9.17, 15) is 22.8 Å². The molecule has 0 spiro atoms. The van der Waals surface area contributed by atoms with Gasteiger partial charge in [0.1, 0.15) is 5.00 Å². The number of aromatic nitrogens is 2. The highest BCUT2D eigenvalue weighted by Crippen LogP contribution is 2.31. The molecular weight excluding hydrogens is 556 g/mol. The first kappa shape index (κ1) is 27.6. The van der Waals surface area contributed by atoms with Crippen molar-refractivity contribution in [3.05, 3.63) is 81.1 Å². The van der Waals surface area contributed by atoms with Crippen LogP contribution in [0.15, 0.2) is 63.6 Å². The Morgan fingerprint density at radius 2 is 1.85 bits per heavy atom. The highest BCUT2D eigenvalue weighted by molar-refractivity contribution is 7.89. The average Bonchev–Trinajstić information content (AvgIpc) is 3.38. The van der Waals surface area contributed by atoms with Crippen molar-refractivity contribution in [3.63, 3.8) is 0 Å². The van der Waals surface area contributed by atoms with E-state index in [0.29, 0.717) is 18.9 Å². The number of benzene rings is 2. The molecule has 0 bridgehead atoms. The zero-order chi connectivity index (χ0) is 28.4. The highest BCUT2D eigenvalue weighted by atomic mass is 32.2. The van der Waals surface area contributed by atoms with E-state index < -0.39 is 27.5 Å². The van der Waals surface area contributed by atoms with Crippen LogP contribution in [0.5, 0.6) is 0 Å². The monoisotopic (exact) mass is 582 g/mol. The highest BCUT2D eigenvalue weighted by Gasteiger charge is 2.27. The molecule has 0 aliphatic carbocycles. The van der Waals surface area contributed by atoms with E-state index in [2.05, 4.69) is 10.4 Å². The van der Waals surface area contributed by atoms with Crippen molar-refractivity contribution in [2.75, 3.05) is 38.2 Å². The zero-order valence-electron chi connectivity index (χ0n) is 21.7. The van der Waals surface area contributed by atoms with Gasteiger partial charge in [0, 0.05) is 29.4 Å². The summed E-state index contributed by atoms with van der Waals surface area (Å²) in [5, 5.41) is 9.23. The average molecular weight is 583 g/mol. The Labute approximate surface area is 234 Å². The molecule has 40 heavy (non-hydrogen) atoms. The molecule has 0 saturated carbocycles. The molecule has 11 nitrogen and oxygen atoms in total. The van der Waals surface area contributed by atoms with E-state index >= 15 is 0 Å². The number of fused-ring (bicyclic) bond motifs is 1. The van der Waals surface area contributed by atoms with Crippen molar-refractivity contribution in [3.8, 4) is 5.69 Å². The summed E-state index contributed by atoms with van der Waals surface area (Å²) in [5.74, 6) is -1.24. The molecule has 0 unspecified atom stereocenters. The van der Waals surface area contributed by atoms with Crippen LogP contribution in [0.1, 0.15) is 33.3 Å². The molecule has 1 N–H and O–H groups in total. The predicted octanol–water partition coefficient (Wildman–Crippen LogP) is 3.21. The summed E-state index contributed by atoms with van der Waals surface area (Å²) in [5.41, 5.74) is 0.977. The fourth-order valence-electron chi connectivity index (χ4n) is 4.32. The van der Waals surface area contributed by atoms with E-state index in [-0.39, 0.29) is 51.6 Å². The van der Waals surface area contributed by atoms with E-state index in [4.69, 9.17) is 9.47 Å². The summed E-state index contributed by atoms with van der Waals surface area (Å²) < 4.78 is 38.7. The molecule has 1 aliphatic heterocycles. The standard InChI is InChI=1S/C27H26N4O7S2/c1-3-38-27(34)23-21-16-39-25(22(21)26(33)31(29-23)19-6-4-5-17(2)15-19)28-24(32)18-7-9-20(10-8-18)40(35,36)30-11-13-37-14-12-30/h4-10,15-16H,3,11-14H2,1-2H3,(H,28,32). The van der Waals surface area contributed by atoms with Gasteiger partial charge >= 0.3 is 5.97 Å². The van der Waals surface area contributed by atoms with E-state index in [1.165, 1.54) is 28.6 Å². The van der Waals surface area contributed by atoms with Crippen LogP contribution in [0.2, 0.25) is 0 Å². The van der Waals surface area contributed by atoms with Crippen molar-refractivity contribution in [2.24, 2.45) is 0 Å². The summed E-state index contributed by atoms with van der Waals surface area (Å²) in [4.78, 5) is 39.6. The molecule has 4 aromatic rings. The molecule has 0 atom stereocenters. The number of hydrogen-bond acceptors (Lipinski definition) is 9. The Balaban J connectivity index is 1.50. The molecule has 2 aromatic carbocycles. The lowest BCUT2D eigenvalue weighted by Crippen LogP contribution is -2.40. The Morgan fingerprint density at radius 1 is 1.12 bits per heavy atom. The normalized spacial score (nSPS) is 14.2. The number of sulfonamides is 1. The predicted molar refractivity (Wildman–Crippen MR) is 150 cm³/mol. The number of rotatable bonds is 7. The minimum atomic E-state index is -3.71. The van der Waals surface area contributed by atoms with Crippen molar-refractivity contribution < 1.29 is 27.5 Å². The number of amides is 1. The van der Waals surface area contributed by atoms with Gasteiger partial charge < -0.3 is 14.8 Å². The number of aryl methyl sites for hydroxylation is 1. The van der Waals surface area contributed by atoms with Crippen molar-refractivity contribution in [1.82, 2.24) is 14.1 Å². The second kappa shape index (κ2) is 11.3. The molecule has 208 valence electrons. The molecule has 1 aliphatic rings. The molecule has 1 fully saturated rings. The number of esters is 1. The van der Waals surface area contributed by atoms with Gasteiger partial charge in [0.2, 0.25) is 10.0 Å². The fourth-order valence-corrected chi connectivity index (χ4v) is 6.66. The number of carbonyl (C=O) groups is 2. The second-order valence-corrected chi connectivity index (χ2v) is 11.8. The van der Waals surface area contributed by atoms with E-state index in [0.717, 1.165) is 21.6 Å². The van der Waals surface area contributed by atoms with Gasteiger partial charge in [0.05, 0.1) is 35.8 Å². The van der Waals surface area contributed by atoms with Gasteiger partial charge in [0.15, 0.2) is 5.69 Å². The van der Waals surface area contributed by atoms with E-state index in [1.54, 1.807) is 30.5 Å². The number of nitrogens with one attached hydrogen (secondary N) is 1. The third-order valence-electron chi connectivity index (χ3n) is 6.32. The molecule has 1 saturated heterocycles. The molecular formula is C27H26N4O7S2. The van der Waals surface area contributed by atoms with Crippen molar-refractivity contribution in [1.29, 1.82) is 0 Å². The first-order chi connectivity index (χ1) is 19.2. The lowest BCUT2D eigenvalue weighted by Gasteiger charge is -2.26. The second-order valence-electron chi connectivity index (χ2n) is 8.97. The molecule has 2 aromatic heterocycles. The Morgan fingerprint density at radius 3 is 2.52 bits per heavy atom. The SMILES string of the molecule is CCOC(=O)c1nn(-c2cccc(C)c2)c(=O)c2c(NC(=O)c3ccc(S(=O)(=O)N4CCOCC4)cc3)scc12. The number of anilines is 1. The van der Waals surface area contributed by atoms with Crippen LogP contribution in [-0.4, -0.2) is 67.3 Å². The first-order valence-electron chi connectivity index (χ1n) is 12.5. The van der Waals surface area contributed by atoms with Gasteiger partial charge in [-0.05, 0) is 55.8 Å². The summed E-state index contributed by atoms with van der Waals surface area (Å²) in [6, 6.07) is 12.7.